The van der Waals surface area contributed by atoms with Crippen LogP contribution >= 0.6 is 0 Å². The first-order chi connectivity index (χ1) is 14.0. The minimum Gasteiger partial charge on any atom is -0.497 e. The van der Waals surface area contributed by atoms with Crippen molar-refractivity contribution < 1.29 is 4.74 Å². The predicted molar refractivity (Wildman–Crippen MR) is 115 cm³/mol. The molecule has 7 nitrogen and oxygen atoms in total. The zero-order valence-electron chi connectivity index (χ0n) is 16.9. The summed E-state index contributed by atoms with van der Waals surface area (Å²) in [6.45, 7) is 5.93. The van der Waals surface area contributed by atoms with Crippen LogP contribution in [0.25, 0.3) is 0 Å². The quantitative estimate of drug-likeness (QED) is 0.715. The maximum absolute atomic E-state index is 12.7. The van der Waals surface area contributed by atoms with Crippen molar-refractivity contribution in [2.75, 3.05) is 17.7 Å². The van der Waals surface area contributed by atoms with Crippen molar-refractivity contribution in [2.45, 2.75) is 26.9 Å². The summed E-state index contributed by atoms with van der Waals surface area (Å²) in [4.78, 5) is 22.0. The van der Waals surface area contributed by atoms with Gasteiger partial charge < -0.3 is 10.1 Å². The number of nitrogens with one attached hydrogen (secondary N) is 2. The van der Waals surface area contributed by atoms with Gasteiger partial charge in [-0.1, -0.05) is 24.3 Å². The van der Waals surface area contributed by atoms with Crippen LogP contribution in [0, 0.1) is 20.8 Å². The summed E-state index contributed by atoms with van der Waals surface area (Å²) in [7, 11) is 1.62. The second-order valence-corrected chi connectivity index (χ2v) is 7.05. The van der Waals surface area contributed by atoms with Gasteiger partial charge in [0.05, 0.1) is 7.11 Å². The number of aliphatic imine (C=N–C) groups is 1. The third-order valence-electron chi connectivity index (χ3n) is 5.08. The Kier molecular flexibility index (Phi) is 4.80. The van der Waals surface area contributed by atoms with E-state index in [9.17, 15) is 4.79 Å². The van der Waals surface area contributed by atoms with Gasteiger partial charge in [0.25, 0.3) is 5.56 Å². The average Bonchev–Trinajstić information content (AvgIpc) is 2.70. The van der Waals surface area contributed by atoms with E-state index in [0.29, 0.717) is 17.6 Å². The van der Waals surface area contributed by atoms with Crippen LogP contribution < -0.4 is 20.9 Å². The molecule has 1 unspecified atom stereocenters. The largest absolute Gasteiger partial charge is 0.497 e. The van der Waals surface area contributed by atoms with Gasteiger partial charge in [-0.3, -0.25) is 14.7 Å². The van der Waals surface area contributed by atoms with E-state index >= 15 is 0 Å². The van der Waals surface area contributed by atoms with Crippen LogP contribution in [0.5, 0.6) is 5.75 Å². The normalized spacial score (nSPS) is 15.2. The van der Waals surface area contributed by atoms with Gasteiger partial charge in [-0.15, -0.1) is 0 Å². The van der Waals surface area contributed by atoms with E-state index in [1.165, 1.54) is 11.6 Å². The zero-order chi connectivity index (χ0) is 20.5. The summed E-state index contributed by atoms with van der Waals surface area (Å²) < 4.78 is 6.81. The lowest BCUT2D eigenvalue weighted by molar-refractivity contribution is 0.414. The van der Waals surface area contributed by atoms with Gasteiger partial charge in [0.2, 0.25) is 11.9 Å². The number of methoxy groups -OCH3 is 1. The highest BCUT2D eigenvalue weighted by atomic mass is 16.5. The molecule has 0 aliphatic carbocycles. The second kappa shape index (κ2) is 7.43. The average molecular weight is 389 g/mol. The Bertz CT molecular complexity index is 1150. The number of aromatic nitrogens is 2. The Morgan fingerprint density at radius 3 is 2.59 bits per heavy atom. The Morgan fingerprint density at radius 2 is 1.86 bits per heavy atom. The maximum Gasteiger partial charge on any atom is 0.257 e. The number of benzene rings is 2. The molecule has 1 aliphatic heterocycles. The first-order valence-electron chi connectivity index (χ1n) is 9.38. The molecule has 148 valence electrons. The molecule has 1 aliphatic rings. The van der Waals surface area contributed by atoms with Gasteiger partial charge in [0.1, 0.15) is 5.75 Å². The Labute approximate surface area is 169 Å². The molecule has 3 aromatic rings. The van der Waals surface area contributed by atoms with Crippen molar-refractivity contribution in [3.8, 4) is 5.75 Å². The van der Waals surface area contributed by atoms with Crippen molar-refractivity contribution in [3.05, 3.63) is 81.3 Å². The molecule has 2 aromatic carbocycles. The van der Waals surface area contributed by atoms with E-state index in [1.54, 1.807) is 18.6 Å². The van der Waals surface area contributed by atoms with Gasteiger partial charge in [0, 0.05) is 17.4 Å². The minimum absolute atomic E-state index is 0.157. The third-order valence-corrected chi connectivity index (χ3v) is 5.08. The number of anilines is 2. The smallest absolute Gasteiger partial charge is 0.257 e. The molecule has 2 heterocycles. The number of fused-ring (bicyclic) bond motifs is 1. The van der Waals surface area contributed by atoms with E-state index in [-0.39, 0.29) is 5.56 Å². The molecule has 0 saturated heterocycles. The molecule has 4 rings (SSSR count). The lowest BCUT2D eigenvalue weighted by Gasteiger charge is -2.27. The molecule has 7 heteroatoms. The van der Waals surface area contributed by atoms with Crippen molar-refractivity contribution in [3.63, 3.8) is 0 Å². The summed E-state index contributed by atoms with van der Waals surface area (Å²) >= 11 is 0. The van der Waals surface area contributed by atoms with Crippen LogP contribution in [0.2, 0.25) is 0 Å². The molecule has 0 amide bonds. The minimum atomic E-state index is -0.537. The molecule has 0 fully saturated rings. The molecule has 1 atom stereocenters. The zero-order valence-corrected chi connectivity index (χ0v) is 16.9. The van der Waals surface area contributed by atoms with E-state index in [0.717, 1.165) is 22.6 Å². The van der Waals surface area contributed by atoms with Crippen LogP contribution in [-0.4, -0.2) is 22.6 Å². The Morgan fingerprint density at radius 1 is 1.10 bits per heavy atom. The van der Waals surface area contributed by atoms with Crippen LogP contribution in [0.4, 0.5) is 11.6 Å². The van der Waals surface area contributed by atoms with Gasteiger partial charge >= 0.3 is 0 Å². The van der Waals surface area contributed by atoms with Crippen molar-refractivity contribution in [2.24, 2.45) is 4.99 Å². The lowest BCUT2D eigenvalue weighted by Crippen LogP contribution is -2.37. The van der Waals surface area contributed by atoms with Gasteiger partial charge in [-0.25, -0.2) is 9.98 Å². The van der Waals surface area contributed by atoms with Crippen LogP contribution in [-0.2, 0) is 0 Å². The fourth-order valence-electron chi connectivity index (χ4n) is 3.33. The Hall–Kier alpha value is -3.61. The van der Waals surface area contributed by atoms with Crippen molar-refractivity contribution in [1.29, 1.82) is 0 Å². The first kappa shape index (κ1) is 18.7. The SMILES string of the molecule is COc1ccc(C2N=C(Nc3cccc(C)c3C)Nc3nc(C)cc(=O)n32)cc1. The summed E-state index contributed by atoms with van der Waals surface area (Å²) in [5, 5.41) is 6.51. The summed E-state index contributed by atoms with van der Waals surface area (Å²) in [6, 6.07) is 15.1. The topological polar surface area (TPSA) is 80.5 Å². The Balaban J connectivity index is 1.80. The predicted octanol–water partition coefficient (Wildman–Crippen LogP) is 3.62. The monoisotopic (exact) mass is 389 g/mol. The number of hydrogen-bond acceptors (Lipinski definition) is 6. The number of rotatable bonds is 3. The van der Waals surface area contributed by atoms with Crippen LogP contribution in [0.1, 0.15) is 28.6 Å². The van der Waals surface area contributed by atoms with Crippen LogP contribution in [0.3, 0.4) is 0 Å². The molecule has 0 bridgehead atoms. The van der Waals surface area contributed by atoms with E-state index in [1.807, 2.05) is 36.4 Å². The number of guanidine groups is 1. The molecule has 0 radical (unpaired) electrons. The highest BCUT2D eigenvalue weighted by molar-refractivity contribution is 6.04. The molecule has 1 aromatic heterocycles. The van der Waals surface area contributed by atoms with Gasteiger partial charge in [-0.05, 0) is 55.7 Å². The third kappa shape index (κ3) is 3.59. The number of nitrogens with zero attached hydrogens (tertiary/aromatic N) is 3. The number of hydrogen-bond donors (Lipinski definition) is 2. The molecule has 0 saturated carbocycles. The van der Waals surface area contributed by atoms with E-state index in [2.05, 4.69) is 35.5 Å². The van der Waals surface area contributed by atoms with Gasteiger partial charge in [0.15, 0.2) is 6.17 Å². The fourth-order valence-corrected chi connectivity index (χ4v) is 3.33. The highest BCUT2D eigenvalue weighted by Crippen LogP contribution is 2.28. The van der Waals surface area contributed by atoms with Gasteiger partial charge in [-0.2, -0.15) is 0 Å². The molecule has 0 spiro atoms. The highest BCUT2D eigenvalue weighted by Gasteiger charge is 2.25. The molecule has 29 heavy (non-hydrogen) atoms. The number of aryl methyl sites for hydroxylation is 2. The van der Waals surface area contributed by atoms with Crippen LogP contribution in [0.15, 0.2) is 58.3 Å². The molecule has 2 N–H and O–H groups in total. The van der Waals surface area contributed by atoms with Crippen molar-refractivity contribution in [1.82, 2.24) is 9.55 Å². The summed E-state index contributed by atoms with van der Waals surface area (Å²) in [6.07, 6.45) is -0.537. The number of ether oxygens (including phenoxy) is 1. The summed E-state index contributed by atoms with van der Waals surface area (Å²) in [5.41, 5.74) is 4.63. The van der Waals surface area contributed by atoms with Crippen molar-refractivity contribution >= 4 is 17.6 Å². The fraction of sp³-hybridized carbons (Fsp3) is 0.227. The lowest BCUT2D eigenvalue weighted by atomic mass is 10.1. The molecular weight excluding hydrogens is 366 g/mol. The molecular formula is C22H23N5O2. The first-order valence-corrected chi connectivity index (χ1v) is 9.38. The standard InChI is InChI=1S/C22H23N5O2/c1-13-6-5-7-18(15(13)3)24-21-25-20(16-8-10-17(29-4)11-9-16)27-19(28)12-14(2)23-22(27)26-21/h5-12,20H,1-4H3,(H2,23,24,25,26). The second-order valence-electron chi connectivity index (χ2n) is 7.05. The van der Waals surface area contributed by atoms with E-state index in [4.69, 9.17) is 9.73 Å². The maximum atomic E-state index is 12.7. The van der Waals surface area contributed by atoms with E-state index < -0.39 is 6.17 Å². The summed E-state index contributed by atoms with van der Waals surface area (Å²) in [5.74, 6) is 1.74.